The summed E-state index contributed by atoms with van der Waals surface area (Å²) in [6.45, 7) is 6.64. The van der Waals surface area contributed by atoms with Gasteiger partial charge in [0.05, 0.1) is 18.2 Å². The fourth-order valence-electron chi connectivity index (χ4n) is 4.88. The van der Waals surface area contributed by atoms with Crippen molar-refractivity contribution >= 4 is 28.6 Å². The molecule has 0 aliphatic heterocycles. The van der Waals surface area contributed by atoms with Gasteiger partial charge >= 0.3 is 0 Å². The molecular weight excluding hydrogens is 478 g/mol. The Morgan fingerprint density at radius 2 is 1.79 bits per heavy atom. The number of hydrogen-bond acceptors (Lipinski definition) is 6. The number of rotatable bonds is 7. The van der Waals surface area contributed by atoms with E-state index in [-0.39, 0.29) is 17.4 Å². The van der Waals surface area contributed by atoms with Gasteiger partial charge in [-0.05, 0) is 60.4 Å². The molecule has 0 bridgehead atoms. The Balaban J connectivity index is 1.55. The zero-order valence-electron chi connectivity index (χ0n) is 22.6. The summed E-state index contributed by atoms with van der Waals surface area (Å²) < 4.78 is 12.0. The van der Waals surface area contributed by atoms with Gasteiger partial charge in [-0.2, -0.15) is 9.97 Å². The number of aromatic amines is 1. The first kappa shape index (κ1) is 25.6. The molecule has 5 rings (SSSR count). The minimum Gasteiger partial charge on any atom is -0.495 e. The van der Waals surface area contributed by atoms with E-state index in [0.29, 0.717) is 34.5 Å². The van der Waals surface area contributed by atoms with Crippen molar-refractivity contribution in [3.05, 3.63) is 59.8 Å². The van der Waals surface area contributed by atoms with Crippen molar-refractivity contribution in [1.29, 1.82) is 0 Å². The number of methoxy groups -OCH3 is 1. The van der Waals surface area contributed by atoms with Gasteiger partial charge in [-0.15, -0.1) is 0 Å². The summed E-state index contributed by atoms with van der Waals surface area (Å²) in [5.74, 6) is 1.27. The van der Waals surface area contributed by atoms with Crippen molar-refractivity contribution in [1.82, 2.24) is 20.3 Å². The molecular formula is C30H35N5O3. The highest BCUT2D eigenvalue weighted by molar-refractivity contribution is 5.98. The molecule has 0 saturated heterocycles. The molecule has 1 aliphatic carbocycles. The normalized spacial score (nSPS) is 14.0. The number of nitrogens with one attached hydrogen (secondary N) is 3. The number of carbonyl (C=O) groups excluding carboxylic acids is 1. The molecule has 4 aromatic rings. The second kappa shape index (κ2) is 10.4. The fraction of sp³-hybridized carbons (Fsp3) is 0.367. The highest BCUT2D eigenvalue weighted by atomic mass is 16.5. The van der Waals surface area contributed by atoms with E-state index in [4.69, 9.17) is 19.4 Å². The highest BCUT2D eigenvalue weighted by Crippen LogP contribution is 2.38. The van der Waals surface area contributed by atoms with E-state index in [1.807, 2.05) is 6.20 Å². The van der Waals surface area contributed by atoms with Crippen LogP contribution in [0.3, 0.4) is 0 Å². The number of amides is 1. The lowest BCUT2D eigenvalue weighted by Gasteiger charge is -2.19. The van der Waals surface area contributed by atoms with E-state index >= 15 is 0 Å². The van der Waals surface area contributed by atoms with Gasteiger partial charge in [0.15, 0.2) is 0 Å². The van der Waals surface area contributed by atoms with E-state index < -0.39 is 0 Å². The van der Waals surface area contributed by atoms with Crippen molar-refractivity contribution in [2.45, 2.75) is 58.0 Å². The van der Waals surface area contributed by atoms with Gasteiger partial charge in [-0.3, -0.25) is 4.79 Å². The van der Waals surface area contributed by atoms with Gasteiger partial charge in [-0.1, -0.05) is 45.0 Å². The zero-order chi connectivity index (χ0) is 26.9. The maximum absolute atomic E-state index is 12.1. The van der Waals surface area contributed by atoms with E-state index in [1.165, 1.54) is 5.56 Å². The molecule has 3 N–H and O–H groups in total. The zero-order valence-corrected chi connectivity index (χ0v) is 22.6. The van der Waals surface area contributed by atoms with Crippen LogP contribution in [0.4, 0.5) is 11.6 Å². The molecule has 0 radical (unpaired) electrons. The molecule has 1 aliphatic rings. The van der Waals surface area contributed by atoms with Crippen LogP contribution in [-0.4, -0.2) is 41.1 Å². The molecule has 2 aromatic heterocycles. The molecule has 1 fully saturated rings. The second-order valence-electron chi connectivity index (χ2n) is 10.7. The van der Waals surface area contributed by atoms with Gasteiger partial charge in [-0.25, -0.2) is 0 Å². The third kappa shape index (κ3) is 5.16. The van der Waals surface area contributed by atoms with E-state index in [2.05, 4.69) is 60.7 Å². The van der Waals surface area contributed by atoms with Crippen molar-refractivity contribution in [3.63, 3.8) is 0 Å². The number of nitrogens with zero attached hydrogens (tertiary/aromatic N) is 2. The van der Waals surface area contributed by atoms with Crippen LogP contribution in [0, 0.1) is 0 Å². The number of H-pyrrole nitrogens is 1. The first-order valence-corrected chi connectivity index (χ1v) is 13.1. The van der Waals surface area contributed by atoms with Gasteiger partial charge < -0.3 is 25.1 Å². The van der Waals surface area contributed by atoms with Crippen LogP contribution in [0.2, 0.25) is 0 Å². The number of carbonyl (C=O) groups is 1. The molecule has 1 saturated carbocycles. The number of benzene rings is 2. The maximum Gasteiger partial charge on any atom is 0.251 e. The molecule has 1 amide bonds. The molecule has 0 atom stereocenters. The highest BCUT2D eigenvalue weighted by Gasteiger charge is 2.23. The van der Waals surface area contributed by atoms with Crippen molar-refractivity contribution in [2.75, 3.05) is 19.5 Å². The summed E-state index contributed by atoms with van der Waals surface area (Å²) >= 11 is 0. The van der Waals surface area contributed by atoms with Crippen LogP contribution >= 0.6 is 0 Å². The van der Waals surface area contributed by atoms with Crippen LogP contribution in [0.25, 0.3) is 22.2 Å². The molecule has 0 spiro atoms. The summed E-state index contributed by atoms with van der Waals surface area (Å²) in [6, 6.07) is 13.8. The molecule has 8 heteroatoms. The minimum atomic E-state index is -0.186. The fourth-order valence-corrected chi connectivity index (χ4v) is 4.88. The lowest BCUT2D eigenvalue weighted by Crippen LogP contribution is -2.17. The van der Waals surface area contributed by atoms with Crippen molar-refractivity contribution < 1.29 is 14.3 Å². The molecule has 8 nitrogen and oxygen atoms in total. The Hall–Kier alpha value is -4.07. The predicted octanol–water partition coefficient (Wildman–Crippen LogP) is 6.36. The van der Waals surface area contributed by atoms with Crippen LogP contribution in [0.1, 0.15) is 62.4 Å². The molecule has 2 aromatic carbocycles. The summed E-state index contributed by atoms with van der Waals surface area (Å²) in [7, 11) is 3.16. The number of aromatic nitrogens is 3. The van der Waals surface area contributed by atoms with Crippen molar-refractivity contribution in [3.8, 4) is 22.8 Å². The average Bonchev–Trinajstić information content (AvgIpc) is 3.58. The first-order chi connectivity index (χ1) is 18.3. The third-order valence-corrected chi connectivity index (χ3v) is 7.08. The predicted molar refractivity (Wildman–Crippen MR) is 151 cm³/mol. The minimum absolute atomic E-state index is 0.0821. The molecule has 2 heterocycles. The largest absolute Gasteiger partial charge is 0.495 e. The lowest BCUT2D eigenvalue weighted by atomic mass is 9.86. The monoisotopic (exact) mass is 513 g/mol. The number of hydrogen-bond donors (Lipinski definition) is 3. The third-order valence-electron chi connectivity index (χ3n) is 7.08. The Labute approximate surface area is 223 Å². The SMILES string of the molecule is CNC(=O)c1ccc(Nc2nc(OC3CCCC3)c3c(-c4ccc(C(C)(C)C)cc4)c[nH]c3n2)c(OC)c1. The van der Waals surface area contributed by atoms with Crippen LogP contribution in [-0.2, 0) is 5.41 Å². The van der Waals surface area contributed by atoms with Gasteiger partial charge in [0.2, 0.25) is 11.8 Å². The lowest BCUT2D eigenvalue weighted by molar-refractivity contribution is 0.0962. The summed E-state index contributed by atoms with van der Waals surface area (Å²) in [4.78, 5) is 25.0. The number of anilines is 2. The van der Waals surface area contributed by atoms with E-state index in [0.717, 1.165) is 42.2 Å². The standard InChI is InChI=1S/C30H35N5O3/c1-30(2,3)20-13-10-18(11-14-20)22-17-32-26-25(22)28(38-21-8-6-7-9-21)35-29(34-26)33-23-15-12-19(27(36)31-4)16-24(23)37-5/h10-17,21H,6-9H2,1-5H3,(H,31,36)(H2,32,33,34,35). The maximum atomic E-state index is 12.1. The molecule has 0 unspecified atom stereocenters. The van der Waals surface area contributed by atoms with Crippen LogP contribution in [0.15, 0.2) is 48.7 Å². The average molecular weight is 514 g/mol. The first-order valence-electron chi connectivity index (χ1n) is 13.1. The van der Waals surface area contributed by atoms with Gasteiger partial charge in [0, 0.05) is 24.4 Å². The summed E-state index contributed by atoms with van der Waals surface area (Å²) in [5, 5.41) is 6.76. The van der Waals surface area contributed by atoms with Gasteiger partial charge in [0.1, 0.15) is 17.5 Å². The Bertz CT molecular complexity index is 1450. The number of fused-ring (bicyclic) bond motifs is 1. The molecule has 198 valence electrons. The molecule has 38 heavy (non-hydrogen) atoms. The quantitative estimate of drug-likeness (QED) is 0.266. The Morgan fingerprint density at radius 1 is 1.05 bits per heavy atom. The second-order valence-corrected chi connectivity index (χ2v) is 10.7. The van der Waals surface area contributed by atoms with Crippen LogP contribution in [0.5, 0.6) is 11.6 Å². The number of ether oxygens (including phenoxy) is 2. The van der Waals surface area contributed by atoms with Gasteiger partial charge in [0.25, 0.3) is 5.91 Å². The smallest absolute Gasteiger partial charge is 0.251 e. The van der Waals surface area contributed by atoms with Crippen molar-refractivity contribution in [2.24, 2.45) is 0 Å². The Kier molecular flexibility index (Phi) is 6.97. The Morgan fingerprint density at radius 3 is 2.45 bits per heavy atom. The summed E-state index contributed by atoms with van der Waals surface area (Å²) in [6.07, 6.45) is 6.45. The van der Waals surface area contributed by atoms with Crippen LogP contribution < -0.4 is 20.1 Å². The van der Waals surface area contributed by atoms with E-state index in [1.54, 1.807) is 32.4 Å². The summed E-state index contributed by atoms with van der Waals surface area (Å²) in [5.41, 5.74) is 5.29. The van der Waals surface area contributed by atoms with E-state index in [9.17, 15) is 4.79 Å². The topological polar surface area (TPSA) is 101 Å².